The van der Waals surface area contributed by atoms with Crippen LogP contribution >= 0.6 is 6.72 Å². The van der Waals surface area contributed by atoms with Crippen molar-refractivity contribution in [3.05, 3.63) is 154 Å². The fourth-order valence-electron chi connectivity index (χ4n) is 6.00. The molecule has 1 radical (unpaired) electrons. The molecule has 13 heteroatoms. The normalized spacial score (nSPS) is 17.6. The molecule has 4 atom stereocenters. The molecule has 11 nitrogen and oxygen atoms in total. The molecule has 0 saturated carbocycles. The Labute approximate surface area is 297 Å². The van der Waals surface area contributed by atoms with Crippen LogP contribution in [0.4, 0.5) is 5.82 Å². The van der Waals surface area contributed by atoms with Gasteiger partial charge in [-0.3, -0.25) is 0 Å². The third-order valence-electron chi connectivity index (χ3n) is 8.46. The molecule has 1 saturated heterocycles. The SMILES string of the molecule is COc1ccc(C(OC[C@H]2O[C@@H](n3ccc(NC(=O)c4ccccc4)nc3=O)C[C@@H]2O[P+](=O)[Se])(c2ccccc2)c2ccc(OC)cc2)cc1. The monoisotopic (exact) mass is 759 g/mol. The van der Waals surface area contributed by atoms with Crippen molar-refractivity contribution in [2.45, 2.75) is 30.5 Å². The first-order chi connectivity index (χ1) is 24.3. The molecule has 255 valence electrons. The van der Waals surface area contributed by atoms with Crippen molar-refractivity contribution in [2.75, 3.05) is 26.1 Å². The van der Waals surface area contributed by atoms with Gasteiger partial charge in [0, 0.05) is 0 Å². The van der Waals surface area contributed by atoms with Gasteiger partial charge in [-0.25, -0.2) is 0 Å². The summed E-state index contributed by atoms with van der Waals surface area (Å²) >= 11 is 2.51. The van der Waals surface area contributed by atoms with Crippen LogP contribution in [0.5, 0.6) is 11.5 Å². The number of nitrogens with one attached hydrogen (secondary N) is 1. The summed E-state index contributed by atoms with van der Waals surface area (Å²) < 4.78 is 43.8. The van der Waals surface area contributed by atoms with Gasteiger partial charge in [0.2, 0.25) is 0 Å². The number of aromatic nitrogens is 2. The van der Waals surface area contributed by atoms with Crippen molar-refractivity contribution in [1.29, 1.82) is 0 Å². The van der Waals surface area contributed by atoms with Crippen molar-refractivity contribution in [3.63, 3.8) is 0 Å². The number of nitrogens with zero attached hydrogens (tertiary/aromatic N) is 2. The van der Waals surface area contributed by atoms with E-state index < -0.39 is 42.4 Å². The van der Waals surface area contributed by atoms with E-state index in [0.29, 0.717) is 17.1 Å². The Morgan fingerprint density at radius 1 is 0.880 bits per heavy atom. The second kappa shape index (κ2) is 15.9. The predicted octanol–water partition coefficient (Wildman–Crippen LogP) is 6.02. The summed E-state index contributed by atoms with van der Waals surface area (Å²) in [6.45, 7) is -2.15. The van der Waals surface area contributed by atoms with Crippen molar-refractivity contribution in [3.8, 4) is 11.5 Å². The number of hydrogen-bond acceptors (Lipinski definition) is 9. The first-order valence-corrected chi connectivity index (χ1v) is 19.1. The van der Waals surface area contributed by atoms with E-state index in [9.17, 15) is 14.2 Å². The average Bonchev–Trinajstić information content (AvgIpc) is 3.54. The van der Waals surface area contributed by atoms with E-state index in [2.05, 4.69) is 25.9 Å². The maximum absolute atomic E-state index is 13.2. The molecule has 1 aliphatic heterocycles. The van der Waals surface area contributed by atoms with Gasteiger partial charge in [0.15, 0.2) is 0 Å². The quantitative estimate of drug-likeness (QED) is 0.0872. The molecule has 0 aliphatic carbocycles. The first kappa shape index (κ1) is 35.2. The van der Waals surface area contributed by atoms with Crippen LogP contribution in [-0.4, -0.2) is 64.1 Å². The maximum atomic E-state index is 13.2. The van der Waals surface area contributed by atoms with Crippen LogP contribution < -0.4 is 20.5 Å². The Bertz CT molecular complexity index is 1930. The summed E-state index contributed by atoms with van der Waals surface area (Å²) in [5.74, 6) is 1.09. The van der Waals surface area contributed by atoms with Crippen molar-refractivity contribution >= 4 is 34.0 Å². The number of carbonyl (C=O) groups excluding carboxylic acids is 1. The number of anilines is 1. The fourth-order valence-corrected chi connectivity index (χ4v) is 7.14. The molecular weight excluding hydrogens is 724 g/mol. The zero-order chi connectivity index (χ0) is 35.1. The topological polar surface area (TPSA) is 127 Å². The number of hydrogen-bond donors (Lipinski definition) is 1. The van der Waals surface area contributed by atoms with Crippen LogP contribution in [0.2, 0.25) is 0 Å². The van der Waals surface area contributed by atoms with Crippen LogP contribution in [0.3, 0.4) is 0 Å². The van der Waals surface area contributed by atoms with Crippen molar-refractivity contribution < 1.29 is 32.8 Å². The van der Waals surface area contributed by atoms with Gasteiger partial charge in [0.1, 0.15) is 0 Å². The molecule has 1 aromatic heterocycles. The van der Waals surface area contributed by atoms with E-state index in [4.69, 9.17) is 23.5 Å². The van der Waals surface area contributed by atoms with Crippen molar-refractivity contribution in [1.82, 2.24) is 9.55 Å². The molecule has 6 rings (SSSR count). The molecule has 1 amide bonds. The van der Waals surface area contributed by atoms with Gasteiger partial charge >= 0.3 is 254 Å². The number of rotatable bonds is 13. The van der Waals surface area contributed by atoms with Crippen LogP contribution in [0.1, 0.15) is 39.7 Å². The third kappa shape index (κ3) is 7.71. The summed E-state index contributed by atoms with van der Waals surface area (Å²) in [4.78, 5) is 29.9. The Balaban J connectivity index is 1.31. The van der Waals surface area contributed by atoms with E-state index in [1.807, 2.05) is 78.9 Å². The number of methoxy groups -OCH3 is 2. The molecule has 2 heterocycles. The molecule has 5 aromatic rings. The number of ether oxygens (including phenoxy) is 4. The fraction of sp³-hybridized carbons (Fsp3) is 0.216. The summed E-state index contributed by atoms with van der Waals surface area (Å²) in [7, 11) is 3.22. The number of benzene rings is 4. The molecule has 50 heavy (non-hydrogen) atoms. The Hall–Kier alpha value is -4.67. The van der Waals surface area contributed by atoms with Crippen LogP contribution in [0, 0.1) is 0 Å². The van der Waals surface area contributed by atoms with Gasteiger partial charge in [0.05, 0.1) is 14.2 Å². The zero-order valence-electron chi connectivity index (χ0n) is 27.2. The number of amides is 1. The first-order valence-electron chi connectivity index (χ1n) is 15.7. The van der Waals surface area contributed by atoms with Crippen LogP contribution in [-0.2, 0) is 24.2 Å². The Morgan fingerprint density at radius 2 is 1.44 bits per heavy atom. The summed E-state index contributed by atoms with van der Waals surface area (Å²) in [5, 5.41) is 2.65. The molecule has 4 aromatic carbocycles. The van der Waals surface area contributed by atoms with Gasteiger partial charge in [-0.15, -0.1) is 0 Å². The Morgan fingerprint density at radius 3 is 1.98 bits per heavy atom. The molecule has 1 fully saturated rings. The van der Waals surface area contributed by atoms with Gasteiger partial charge in [-0.1, -0.05) is 18.2 Å². The third-order valence-corrected chi connectivity index (χ3v) is 9.44. The van der Waals surface area contributed by atoms with Crippen LogP contribution in [0.25, 0.3) is 0 Å². The Kier molecular flexibility index (Phi) is 11.2. The van der Waals surface area contributed by atoms with E-state index in [1.165, 1.54) is 16.8 Å². The molecular formula is C37H34N3O8PSe+. The summed E-state index contributed by atoms with van der Waals surface area (Å²) in [6, 6.07) is 35.2. The predicted molar refractivity (Wildman–Crippen MR) is 188 cm³/mol. The van der Waals surface area contributed by atoms with Gasteiger partial charge in [-0.05, 0) is 12.1 Å². The van der Waals surface area contributed by atoms with Crippen molar-refractivity contribution in [2.24, 2.45) is 0 Å². The molecule has 1 aliphatic rings. The molecule has 1 N–H and O–H groups in total. The van der Waals surface area contributed by atoms with E-state index in [1.54, 1.807) is 44.6 Å². The van der Waals surface area contributed by atoms with E-state index in [-0.39, 0.29) is 18.8 Å². The second-order valence-corrected chi connectivity index (χ2v) is 13.9. The molecule has 1 unspecified atom stereocenters. The number of carbonyl (C=O) groups is 1. The van der Waals surface area contributed by atoms with Gasteiger partial charge < -0.3 is 0 Å². The summed E-state index contributed by atoms with van der Waals surface area (Å²) in [6.07, 6.45) is -0.555. The van der Waals surface area contributed by atoms with E-state index in [0.717, 1.165) is 16.7 Å². The van der Waals surface area contributed by atoms with Crippen LogP contribution in [0.15, 0.2) is 126 Å². The second-order valence-electron chi connectivity index (χ2n) is 11.4. The summed E-state index contributed by atoms with van der Waals surface area (Å²) in [5.41, 5.74) is 1.16. The standard InChI is InChI=1S/C37H34N3O8PSe/c1-44-29-17-13-27(14-18-29)37(26-11-7-4-8-12-26,28-15-19-30(45-2)20-16-28)46-24-32-31(48-49(43)50)23-34(47-32)40-22-21-33(39-36(40)42)38-35(41)25-9-5-3-6-10-25/h3-22,31-32,34H,23-24H2,1-2H3,(H,38,39,41,42)/q+1/t31-,32+,34+/m0/s1. The van der Waals surface area contributed by atoms with E-state index >= 15 is 0 Å². The van der Waals surface area contributed by atoms with Gasteiger partial charge in [-0.2, -0.15) is 0 Å². The molecule has 0 bridgehead atoms. The average molecular weight is 759 g/mol. The minimum atomic E-state index is -2.14. The minimum absolute atomic E-state index is 0.00924. The van der Waals surface area contributed by atoms with Gasteiger partial charge in [0.25, 0.3) is 0 Å². The molecule has 0 spiro atoms. The zero-order valence-corrected chi connectivity index (χ0v) is 29.8.